The molecular formula is C13H17N3O2. The van der Waals surface area contributed by atoms with E-state index in [2.05, 4.69) is 9.88 Å². The van der Waals surface area contributed by atoms with E-state index in [1.54, 1.807) is 19.4 Å². The van der Waals surface area contributed by atoms with Crippen LogP contribution in [-0.2, 0) is 9.47 Å². The van der Waals surface area contributed by atoms with E-state index in [1.807, 2.05) is 19.1 Å². The van der Waals surface area contributed by atoms with Crippen LogP contribution >= 0.6 is 0 Å². The average Bonchev–Trinajstić information content (AvgIpc) is 2.38. The first-order chi connectivity index (χ1) is 8.72. The highest BCUT2D eigenvalue weighted by Gasteiger charge is 2.25. The molecule has 1 aliphatic heterocycles. The van der Waals surface area contributed by atoms with E-state index in [0.717, 1.165) is 18.8 Å². The van der Waals surface area contributed by atoms with Crippen molar-refractivity contribution in [3.8, 4) is 6.07 Å². The highest BCUT2D eigenvalue weighted by atomic mass is 16.5. The molecule has 1 saturated heterocycles. The van der Waals surface area contributed by atoms with Gasteiger partial charge in [0, 0.05) is 20.2 Å². The van der Waals surface area contributed by atoms with Gasteiger partial charge < -0.3 is 14.4 Å². The molecule has 1 aromatic heterocycles. The molecule has 2 atom stereocenters. The minimum absolute atomic E-state index is 0.0781. The van der Waals surface area contributed by atoms with Crippen molar-refractivity contribution in [2.24, 2.45) is 0 Å². The highest BCUT2D eigenvalue weighted by Crippen LogP contribution is 2.19. The van der Waals surface area contributed by atoms with Gasteiger partial charge in [0.15, 0.2) is 0 Å². The summed E-state index contributed by atoms with van der Waals surface area (Å²) in [4.78, 5) is 6.31. The first-order valence-electron chi connectivity index (χ1n) is 5.98. The fraction of sp³-hybridized carbons (Fsp3) is 0.538. The Bertz CT molecular complexity index is 427. The van der Waals surface area contributed by atoms with Crippen molar-refractivity contribution in [3.63, 3.8) is 0 Å². The summed E-state index contributed by atoms with van der Waals surface area (Å²) in [6.07, 6.45) is 1.98. The first-order valence-corrected chi connectivity index (χ1v) is 5.98. The molecule has 0 saturated carbocycles. The Labute approximate surface area is 107 Å². The van der Waals surface area contributed by atoms with Gasteiger partial charge >= 0.3 is 0 Å². The van der Waals surface area contributed by atoms with E-state index in [9.17, 15) is 0 Å². The van der Waals surface area contributed by atoms with Gasteiger partial charge in [-0.25, -0.2) is 4.98 Å². The van der Waals surface area contributed by atoms with E-state index < -0.39 is 0 Å². The van der Waals surface area contributed by atoms with Crippen molar-refractivity contribution in [3.05, 3.63) is 24.0 Å². The third-order valence-electron chi connectivity index (χ3n) is 2.91. The monoisotopic (exact) mass is 247 g/mol. The second-order valence-electron chi connectivity index (χ2n) is 4.44. The van der Waals surface area contributed by atoms with E-state index in [-0.39, 0.29) is 12.2 Å². The minimum Gasteiger partial charge on any atom is -0.382 e. The maximum absolute atomic E-state index is 8.73. The van der Waals surface area contributed by atoms with E-state index in [4.69, 9.17) is 14.7 Å². The van der Waals surface area contributed by atoms with Crippen LogP contribution in [0.1, 0.15) is 12.6 Å². The quantitative estimate of drug-likeness (QED) is 0.803. The van der Waals surface area contributed by atoms with Crippen molar-refractivity contribution in [2.45, 2.75) is 19.1 Å². The number of ether oxygens (including phenoxy) is 2. The van der Waals surface area contributed by atoms with E-state index in [0.29, 0.717) is 12.3 Å². The Kier molecular flexibility index (Phi) is 4.13. The van der Waals surface area contributed by atoms with Gasteiger partial charge in [0.1, 0.15) is 11.8 Å². The molecule has 1 aliphatic rings. The van der Waals surface area contributed by atoms with Crippen LogP contribution in [0.5, 0.6) is 0 Å². The number of methoxy groups -OCH3 is 1. The van der Waals surface area contributed by atoms with Crippen LogP contribution in [0, 0.1) is 11.3 Å². The molecule has 2 heterocycles. The molecule has 96 valence electrons. The zero-order valence-electron chi connectivity index (χ0n) is 10.7. The number of hydrogen-bond acceptors (Lipinski definition) is 5. The van der Waals surface area contributed by atoms with Gasteiger partial charge in [0.2, 0.25) is 0 Å². The van der Waals surface area contributed by atoms with Crippen molar-refractivity contribution < 1.29 is 9.47 Å². The Balaban J connectivity index is 2.08. The molecule has 0 radical (unpaired) electrons. The van der Waals surface area contributed by atoms with Crippen molar-refractivity contribution in [1.82, 2.24) is 4.98 Å². The summed E-state index contributed by atoms with van der Waals surface area (Å²) in [5.74, 6) is 0. The zero-order valence-corrected chi connectivity index (χ0v) is 10.7. The SMILES string of the molecule is COCC1CN(c2ccc(C#N)nc2)CC(C)O1. The van der Waals surface area contributed by atoms with Gasteiger partial charge in [-0.15, -0.1) is 0 Å². The topological polar surface area (TPSA) is 58.4 Å². The van der Waals surface area contributed by atoms with Crippen LogP contribution in [0.2, 0.25) is 0 Å². The van der Waals surface area contributed by atoms with Gasteiger partial charge in [-0.05, 0) is 19.1 Å². The van der Waals surface area contributed by atoms with Crippen molar-refractivity contribution in [2.75, 3.05) is 31.7 Å². The lowest BCUT2D eigenvalue weighted by molar-refractivity contribution is -0.0511. The minimum atomic E-state index is 0.0781. The van der Waals surface area contributed by atoms with Crippen LogP contribution in [0.4, 0.5) is 5.69 Å². The van der Waals surface area contributed by atoms with E-state index in [1.165, 1.54) is 0 Å². The number of rotatable bonds is 3. The Morgan fingerprint density at radius 3 is 3.00 bits per heavy atom. The average molecular weight is 247 g/mol. The predicted molar refractivity (Wildman–Crippen MR) is 67.4 cm³/mol. The smallest absolute Gasteiger partial charge is 0.140 e. The molecule has 0 aromatic carbocycles. The molecule has 0 bridgehead atoms. The molecule has 0 spiro atoms. The van der Waals surface area contributed by atoms with Crippen LogP contribution in [0.25, 0.3) is 0 Å². The summed E-state index contributed by atoms with van der Waals surface area (Å²) < 4.78 is 10.9. The number of morpholine rings is 1. The molecule has 18 heavy (non-hydrogen) atoms. The summed E-state index contributed by atoms with van der Waals surface area (Å²) in [5.41, 5.74) is 1.46. The second kappa shape index (κ2) is 5.80. The number of nitriles is 1. The van der Waals surface area contributed by atoms with Gasteiger partial charge in [0.05, 0.1) is 30.7 Å². The van der Waals surface area contributed by atoms with Crippen LogP contribution < -0.4 is 4.90 Å². The number of hydrogen-bond donors (Lipinski definition) is 0. The van der Waals surface area contributed by atoms with E-state index >= 15 is 0 Å². The predicted octanol–water partition coefficient (Wildman–Crippen LogP) is 1.19. The summed E-state index contributed by atoms with van der Waals surface area (Å²) in [6.45, 7) is 4.25. The second-order valence-corrected chi connectivity index (χ2v) is 4.44. The lowest BCUT2D eigenvalue weighted by Gasteiger charge is -2.37. The van der Waals surface area contributed by atoms with Crippen molar-refractivity contribution >= 4 is 5.69 Å². The Hall–Kier alpha value is -1.64. The molecular weight excluding hydrogens is 230 g/mol. The van der Waals surface area contributed by atoms with Crippen LogP contribution in [0.3, 0.4) is 0 Å². The lowest BCUT2D eigenvalue weighted by Crippen LogP contribution is -2.48. The summed E-state index contributed by atoms with van der Waals surface area (Å²) in [6, 6.07) is 5.68. The normalized spacial score (nSPS) is 23.7. The molecule has 0 N–H and O–H groups in total. The largest absolute Gasteiger partial charge is 0.382 e. The van der Waals surface area contributed by atoms with Gasteiger partial charge in [-0.2, -0.15) is 5.26 Å². The molecule has 1 aromatic rings. The number of nitrogens with zero attached hydrogens (tertiary/aromatic N) is 3. The van der Waals surface area contributed by atoms with Gasteiger partial charge in [-0.3, -0.25) is 0 Å². The fourth-order valence-corrected chi connectivity index (χ4v) is 2.17. The summed E-state index contributed by atoms with van der Waals surface area (Å²) in [7, 11) is 1.68. The number of aromatic nitrogens is 1. The lowest BCUT2D eigenvalue weighted by atomic mass is 10.2. The third kappa shape index (κ3) is 2.97. The van der Waals surface area contributed by atoms with Crippen LogP contribution in [0.15, 0.2) is 18.3 Å². The Morgan fingerprint density at radius 2 is 2.39 bits per heavy atom. The summed E-state index contributed by atoms with van der Waals surface area (Å²) >= 11 is 0. The summed E-state index contributed by atoms with van der Waals surface area (Å²) in [5, 5.41) is 8.73. The molecule has 0 amide bonds. The standard InChI is InChI=1S/C13H17N3O2/c1-10-7-16(8-13(18-10)9-17-2)12-4-3-11(5-14)15-6-12/h3-4,6,10,13H,7-9H2,1-2H3. The maximum Gasteiger partial charge on any atom is 0.140 e. The molecule has 1 fully saturated rings. The number of pyridine rings is 1. The highest BCUT2D eigenvalue weighted by molar-refractivity contribution is 5.46. The number of anilines is 1. The van der Waals surface area contributed by atoms with Crippen LogP contribution in [-0.4, -0.2) is 44.0 Å². The third-order valence-corrected chi connectivity index (χ3v) is 2.91. The molecule has 5 heteroatoms. The first kappa shape index (κ1) is 12.8. The molecule has 2 rings (SSSR count). The molecule has 0 aliphatic carbocycles. The maximum atomic E-state index is 8.73. The van der Waals surface area contributed by atoms with Crippen molar-refractivity contribution in [1.29, 1.82) is 5.26 Å². The zero-order chi connectivity index (χ0) is 13.0. The Morgan fingerprint density at radius 1 is 1.56 bits per heavy atom. The van der Waals surface area contributed by atoms with Gasteiger partial charge in [-0.1, -0.05) is 0 Å². The molecule has 5 nitrogen and oxygen atoms in total. The fourth-order valence-electron chi connectivity index (χ4n) is 2.17. The van der Waals surface area contributed by atoms with Gasteiger partial charge in [0.25, 0.3) is 0 Å². The molecule has 2 unspecified atom stereocenters.